The molecule has 0 unspecified atom stereocenters. The first-order chi connectivity index (χ1) is 16.7. The van der Waals surface area contributed by atoms with Gasteiger partial charge in [-0.25, -0.2) is 22.7 Å². The average Bonchev–Trinajstić information content (AvgIpc) is 3.52. The fraction of sp³-hybridized carbons (Fsp3) is 0.318. The third-order valence-electron chi connectivity index (χ3n) is 4.95. The van der Waals surface area contributed by atoms with E-state index >= 15 is 0 Å². The number of nitrogens with one attached hydrogen (secondary N) is 2. The lowest BCUT2D eigenvalue weighted by Crippen LogP contribution is -2.41. The van der Waals surface area contributed by atoms with Crippen molar-refractivity contribution >= 4 is 34.0 Å². The summed E-state index contributed by atoms with van der Waals surface area (Å²) in [5, 5.41) is 2.49. The number of furan rings is 1. The summed E-state index contributed by atoms with van der Waals surface area (Å²) in [6, 6.07) is 5.46. The Morgan fingerprint density at radius 1 is 1.29 bits per heavy atom. The van der Waals surface area contributed by atoms with Crippen LogP contribution in [-0.2, 0) is 30.9 Å². The predicted octanol–water partition coefficient (Wildman–Crippen LogP) is 1.27. The predicted molar refractivity (Wildman–Crippen MR) is 122 cm³/mol. The van der Waals surface area contributed by atoms with Crippen molar-refractivity contribution in [1.82, 2.24) is 14.9 Å². The lowest BCUT2D eigenvalue weighted by Gasteiger charge is -2.17. The van der Waals surface area contributed by atoms with Crippen LogP contribution >= 0.6 is 0 Å². The van der Waals surface area contributed by atoms with E-state index in [1.54, 1.807) is 12.1 Å². The fourth-order valence-corrected chi connectivity index (χ4v) is 4.44. The smallest absolute Gasteiger partial charge is 0.331 e. The Morgan fingerprint density at radius 3 is 2.66 bits per heavy atom. The van der Waals surface area contributed by atoms with E-state index in [0.29, 0.717) is 12.3 Å². The van der Waals surface area contributed by atoms with Crippen LogP contribution in [0.1, 0.15) is 18.2 Å². The Balaban J connectivity index is 1.77. The molecule has 0 bridgehead atoms. The van der Waals surface area contributed by atoms with Crippen LogP contribution in [0, 0.1) is 0 Å². The van der Waals surface area contributed by atoms with Gasteiger partial charge >= 0.3 is 12.0 Å². The number of benzene rings is 1. The molecule has 0 saturated carbocycles. The van der Waals surface area contributed by atoms with Gasteiger partial charge in [0.2, 0.25) is 10.0 Å². The Hall–Kier alpha value is -3.84. The number of nitrogens with zero attached hydrogens (tertiary/aromatic N) is 1. The molecule has 1 aliphatic heterocycles. The summed E-state index contributed by atoms with van der Waals surface area (Å²) in [5.74, 6) is -1.01. The van der Waals surface area contributed by atoms with Crippen LogP contribution in [0.3, 0.4) is 0 Å². The number of esters is 1. The molecule has 1 atom stereocenters. The second kappa shape index (κ2) is 11.1. The number of rotatable bonds is 10. The third kappa shape index (κ3) is 6.19. The number of carbonyl (C=O) groups excluding carboxylic acids is 3. The second-order valence-electron chi connectivity index (χ2n) is 7.29. The zero-order valence-corrected chi connectivity index (χ0v) is 20.1. The van der Waals surface area contributed by atoms with Gasteiger partial charge in [-0.2, -0.15) is 0 Å². The zero-order valence-electron chi connectivity index (χ0n) is 19.3. The molecule has 13 heteroatoms. The van der Waals surface area contributed by atoms with E-state index in [9.17, 15) is 22.8 Å². The number of sulfonamides is 1. The van der Waals surface area contributed by atoms with Crippen molar-refractivity contribution < 1.29 is 41.4 Å². The summed E-state index contributed by atoms with van der Waals surface area (Å²) < 4.78 is 49.1. The third-order valence-corrected chi connectivity index (χ3v) is 6.36. The number of imide groups is 1. The van der Waals surface area contributed by atoms with Crippen molar-refractivity contribution in [3.63, 3.8) is 0 Å². The van der Waals surface area contributed by atoms with E-state index in [0.717, 1.165) is 11.0 Å². The summed E-state index contributed by atoms with van der Waals surface area (Å²) in [4.78, 5) is 36.9. The highest BCUT2D eigenvalue weighted by Gasteiger charge is 2.31. The Bertz CT molecular complexity index is 1220. The van der Waals surface area contributed by atoms with E-state index in [-0.39, 0.29) is 35.0 Å². The van der Waals surface area contributed by atoms with Gasteiger partial charge in [-0.15, -0.1) is 0 Å². The van der Waals surface area contributed by atoms with Crippen LogP contribution in [0.15, 0.2) is 45.9 Å². The Morgan fingerprint density at radius 2 is 2.06 bits per heavy atom. The SMILES string of the molecule is COc1cc(/C=C/C(=O)O[C@H](C)C(=O)N2CCNC2=O)cc(S(=O)(=O)NCc2ccco2)c1OC. The van der Waals surface area contributed by atoms with Crippen LogP contribution in [0.5, 0.6) is 11.5 Å². The summed E-state index contributed by atoms with van der Waals surface area (Å²) in [5.41, 5.74) is 0.288. The number of amides is 3. The molecule has 1 saturated heterocycles. The summed E-state index contributed by atoms with van der Waals surface area (Å²) in [7, 11) is -1.43. The summed E-state index contributed by atoms with van der Waals surface area (Å²) >= 11 is 0. The molecule has 2 N–H and O–H groups in total. The van der Waals surface area contributed by atoms with E-state index < -0.39 is 34.0 Å². The summed E-state index contributed by atoms with van der Waals surface area (Å²) in [6.45, 7) is 1.78. The van der Waals surface area contributed by atoms with E-state index in [1.807, 2.05) is 0 Å². The molecule has 12 nitrogen and oxygen atoms in total. The highest BCUT2D eigenvalue weighted by atomic mass is 32.2. The number of hydrogen-bond acceptors (Lipinski definition) is 9. The topological polar surface area (TPSA) is 153 Å². The van der Waals surface area contributed by atoms with E-state index in [2.05, 4.69) is 10.0 Å². The molecule has 0 aliphatic carbocycles. The molecule has 0 spiro atoms. The second-order valence-corrected chi connectivity index (χ2v) is 9.03. The molecule has 188 valence electrons. The van der Waals surface area contributed by atoms with Gasteiger partial charge in [-0.05, 0) is 42.8 Å². The molecule has 3 amide bonds. The van der Waals surface area contributed by atoms with Gasteiger partial charge < -0.3 is 23.9 Å². The van der Waals surface area contributed by atoms with Crippen LogP contribution in [0.2, 0.25) is 0 Å². The molecule has 0 radical (unpaired) electrons. The first-order valence-electron chi connectivity index (χ1n) is 10.4. The van der Waals surface area contributed by atoms with E-state index in [1.165, 1.54) is 45.6 Å². The first kappa shape index (κ1) is 25.8. The van der Waals surface area contributed by atoms with Crippen LogP contribution in [0.4, 0.5) is 4.79 Å². The van der Waals surface area contributed by atoms with Crippen molar-refractivity contribution in [3.05, 3.63) is 47.9 Å². The molecular formula is C22H25N3O9S. The van der Waals surface area contributed by atoms with Gasteiger partial charge in [0.05, 0.1) is 27.0 Å². The number of ether oxygens (including phenoxy) is 3. The van der Waals surface area contributed by atoms with Gasteiger partial charge in [0, 0.05) is 19.2 Å². The molecule has 1 fully saturated rings. The van der Waals surface area contributed by atoms with Crippen molar-refractivity contribution in [2.75, 3.05) is 27.3 Å². The monoisotopic (exact) mass is 507 g/mol. The van der Waals surface area contributed by atoms with Gasteiger partial charge in [-0.3, -0.25) is 9.69 Å². The highest BCUT2D eigenvalue weighted by molar-refractivity contribution is 7.89. The van der Waals surface area contributed by atoms with Gasteiger partial charge in [0.25, 0.3) is 5.91 Å². The molecule has 1 aliphatic rings. The average molecular weight is 508 g/mol. The van der Waals surface area contributed by atoms with Crippen molar-refractivity contribution in [3.8, 4) is 11.5 Å². The van der Waals surface area contributed by atoms with Crippen LogP contribution in [-0.4, -0.2) is 64.6 Å². The number of methoxy groups -OCH3 is 2. The molecule has 1 aromatic carbocycles. The van der Waals surface area contributed by atoms with Crippen LogP contribution in [0.25, 0.3) is 6.08 Å². The molecule has 2 aromatic rings. The first-order valence-corrected chi connectivity index (χ1v) is 11.9. The summed E-state index contributed by atoms with van der Waals surface area (Å²) in [6.07, 6.45) is 2.56. The van der Waals surface area contributed by atoms with E-state index in [4.69, 9.17) is 18.6 Å². The Labute approximate surface area is 201 Å². The standard InChI is InChI=1S/C22H25N3O9S/c1-14(21(27)25-9-8-23-22(25)28)34-19(26)7-6-15-11-17(31-2)20(32-3)18(12-15)35(29,30)24-13-16-5-4-10-33-16/h4-7,10-12,14,24H,8-9,13H2,1-3H3,(H,23,28)/b7-6+/t14-/m1/s1. The lowest BCUT2D eigenvalue weighted by atomic mass is 10.2. The molecule has 1 aromatic heterocycles. The van der Waals surface area contributed by atoms with Crippen molar-refractivity contribution in [1.29, 1.82) is 0 Å². The van der Waals surface area contributed by atoms with Gasteiger partial charge in [0.15, 0.2) is 17.6 Å². The molecule has 35 heavy (non-hydrogen) atoms. The lowest BCUT2D eigenvalue weighted by molar-refractivity contribution is -0.153. The van der Waals surface area contributed by atoms with Gasteiger partial charge in [0.1, 0.15) is 10.7 Å². The molecular weight excluding hydrogens is 482 g/mol. The highest BCUT2D eigenvalue weighted by Crippen LogP contribution is 2.36. The maximum atomic E-state index is 13.0. The number of hydrogen-bond donors (Lipinski definition) is 2. The van der Waals surface area contributed by atoms with Crippen molar-refractivity contribution in [2.24, 2.45) is 0 Å². The van der Waals surface area contributed by atoms with Crippen LogP contribution < -0.4 is 19.5 Å². The largest absolute Gasteiger partial charge is 0.493 e. The quantitative estimate of drug-likeness (QED) is 0.357. The minimum absolute atomic E-state index is 0.0257. The fourth-order valence-electron chi connectivity index (χ4n) is 3.23. The maximum absolute atomic E-state index is 13.0. The minimum atomic E-state index is -4.07. The minimum Gasteiger partial charge on any atom is -0.493 e. The zero-order chi connectivity index (χ0) is 25.6. The van der Waals surface area contributed by atoms with Gasteiger partial charge in [-0.1, -0.05) is 0 Å². The van der Waals surface area contributed by atoms with Crippen molar-refractivity contribution in [2.45, 2.75) is 24.5 Å². The molecule has 2 heterocycles. The Kier molecular flexibility index (Phi) is 8.14. The molecule has 3 rings (SSSR count). The number of urea groups is 1. The normalized spacial score (nSPS) is 14.6. The maximum Gasteiger partial charge on any atom is 0.331 e. The number of carbonyl (C=O) groups is 3.